The molecule has 0 bridgehead atoms. The molecule has 0 atom stereocenters. The predicted molar refractivity (Wildman–Crippen MR) is 69.2 cm³/mol. The summed E-state index contributed by atoms with van der Waals surface area (Å²) in [7, 11) is 1.62. The van der Waals surface area contributed by atoms with E-state index in [0.717, 1.165) is 16.9 Å². The van der Waals surface area contributed by atoms with E-state index in [9.17, 15) is 5.11 Å². The summed E-state index contributed by atoms with van der Waals surface area (Å²) in [4.78, 5) is 0. The minimum atomic E-state index is 0.215. The van der Waals surface area contributed by atoms with Crippen LogP contribution in [0, 0.1) is 6.92 Å². The normalized spacial score (nSPS) is 10.2. The molecule has 0 radical (unpaired) electrons. The van der Waals surface area contributed by atoms with Crippen LogP contribution in [0.25, 0.3) is 11.1 Å². The number of anilines is 1. The lowest BCUT2D eigenvalue weighted by Crippen LogP contribution is -1.89. The van der Waals surface area contributed by atoms with Gasteiger partial charge in [-0.1, -0.05) is 6.07 Å². The highest BCUT2D eigenvalue weighted by Crippen LogP contribution is 2.33. The quantitative estimate of drug-likeness (QED) is 0.615. The van der Waals surface area contributed by atoms with Crippen molar-refractivity contribution >= 4 is 5.69 Å². The average Bonchev–Trinajstić information content (AvgIpc) is 2.31. The molecule has 0 aliphatic heterocycles. The number of aryl methyl sites for hydroxylation is 1. The highest BCUT2D eigenvalue weighted by molar-refractivity contribution is 5.75. The van der Waals surface area contributed by atoms with E-state index in [1.165, 1.54) is 0 Å². The van der Waals surface area contributed by atoms with Crippen molar-refractivity contribution in [2.45, 2.75) is 6.92 Å². The van der Waals surface area contributed by atoms with Gasteiger partial charge in [0.15, 0.2) is 0 Å². The maximum atomic E-state index is 9.85. The van der Waals surface area contributed by atoms with E-state index >= 15 is 0 Å². The molecule has 0 fully saturated rings. The molecule has 2 aromatic carbocycles. The highest BCUT2D eigenvalue weighted by Gasteiger charge is 2.07. The van der Waals surface area contributed by atoms with Gasteiger partial charge in [0.1, 0.15) is 11.5 Å². The molecular weight excluding hydrogens is 214 g/mol. The Morgan fingerprint density at radius 1 is 1.12 bits per heavy atom. The van der Waals surface area contributed by atoms with Crippen LogP contribution in [0.1, 0.15) is 5.56 Å². The third kappa shape index (κ3) is 2.33. The first-order chi connectivity index (χ1) is 8.10. The van der Waals surface area contributed by atoms with Crippen LogP contribution in [0.2, 0.25) is 0 Å². The van der Waals surface area contributed by atoms with Crippen molar-refractivity contribution in [3.63, 3.8) is 0 Å². The third-order valence-electron chi connectivity index (χ3n) is 2.62. The Hall–Kier alpha value is -2.16. The number of hydrogen-bond donors (Lipinski definition) is 2. The summed E-state index contributed by atoms with van der Waals surface area (Å²) in [5, 5.41) is 9.85. The summed E-state index contributed by atoms with van der Waals surface area (Å²) in [5.41, 5.74) is 9.03. The van der Waals surface area contributed by atoms with Crippen LogP contribution in [0.15, 0.2) is 36.4 Å². The molecule has 2 rings (SSSR count). The Labute approximate surface area is 100 Å². The molecule has 0 spiro atoms. The molecule has 17 heavy (non-hydrogen) atoms. The maximum absolute atomic E-state index is 9.85. The van der Waals surface area contributed by atoms with Crippen LogP contribution in [0.3, 0.4) is 0 Å². The zero-order chi connectivity index (χ0) is 12.4. The molecule has 0 aromatic heterocycles. The number of methoxy groups -OCH3 is 1. The van der Waals surface area contributed by atoms with Crippen LogP contribution in [0.4, 0.5) is 5.69 Å². The molecule has 3 nitrogen and oxygen atoms in total. The number of benzene rings is 2. The smallest absolute Gasteiger partial charge is 0.123 e. The van der Waals surface area contributed by atoms with Gasteiger partial charge in [-0.2, -0.15) is 0 Å². The number of phenolic OH excluding ortho intramolecular Hbond substituents is 1. The minimum Gasteiger partial charge on any atom is -0.507 e. The first-order valence-corrected chi connectivity index (χ1v) is 5.34. The van der Waals surface area contributed by atoms with Gasteiger partial charge in [-0.05, 0) is 48.4 Å². The van der Waals surface area contributed by atoms with Crippen molar-refractivity contribution in [2.75, 3.05) is 12.8 Å². The van der Waals surface area contributed by atoms with Crippen molar-refractivity contribution in [1.29, 1.82) is 0 Å². The molecule has 2 aromatic rings. The lowest BCUT2D eigenvalue weighted by Gasteiger charge is -2.09. The number of nitrogen functional groups attached to an aromatic ring is 1. The number of ether oxygens (including phenoxy) is 1. The van der Waals surface area contributed by atoms with E-state index in [1.54, 1.807) is 25.3 Å². The van der Waals surface area contributed by atoms with Gasteiger partial charge in [-0.25, -0.2) is 0 Å². The van der Waals surface area contributed by atoms with E-state index in [-0.39, 0.29) is 5.75 Å². The molecule has 0 saturated carbocycles. The van der Waals surface area contributed by atoms with E-state index in [2.05, 4.69) is 0 Å². The van der Waals surface area contributed by atoms with Crippen LogP contribution in [0.5, 0.6) is 11.5 Å². The number of nitrogens with two attached hydrogens (primary N) is 1. The summed E-state index contributed by atoms with van der Waals surface area (Å²) < 4.78 is 5.21. The van der Waals surface area contributed by atoms with Crippen molar-refractivity contribution in [3.8, 4) is 22.6 Å². The summed E-state index contributed by atoms with van der Waals surface area (Å²) in [5.74, 6) is 0.980. The lowest BCUT2D eigenvalue weighted by molar-refractivity contribution is 0.414. The first kappa shape index (κ1) is 11.3. The molecule has 0 heterocycles. The summed E-state index contributed by atoms with van der Waals surface area (Å²) >= 11 is 0. The third-order valence-corrected chi connectivity index (χ3v) is 2.62. The Balaban J connectivity index is 2.59. The van der Waals surface area contributed by atoms with Crippen molar-refractivity contribution in [1.82, 2.24) is 0 Å². The Morgan fingerprint density at radius 3 is 2.59 bits per heavy atom. The van der Waals surface area contributed by atoms with Crippen molar-refractivity contribution in [2.24, 2.45) is 0 Å². The van der Waals surface area contributed by atoms with Crippen LogP contribution in [-0.2, 0) is 0 Å². The molecule has 3 N–H and O–H groups in total. The van der Waals surface area contributed by atoms with Crippen LogP contribution < -0.4 is 10.5 Å². The van der Waals surface area contributed by atoms with Gasteiger partial charge in [-0.3, -0.25) is 0 Å². The molecule has 0 saturated heterocycles. The van der Waals surface area contributed by atoms with Crippen molar-refractivity contribution in [3.05, 3.63) is 42.0 Å². The van der Waals surface area contributed by atoms with Gasteiger partial charge >= 0.3 is 0 Å². The van der Waals surface area contributed by atoms with Gasteiger partial charge in [0.2, 0.25) is 0 Å². The molecular formula is C14H15NO2. The number of rotatable bonds is 2. The second-order valence-electron chi connectivity index (χ2n) is 4.02. The Kier molecular flexibility index (Phi) is 2.91. The number of hydrogen-bond acceptors (Lipinski definition) is 3. The topological polar surface area (TPSA) is 55.5 Å². The van der Waals surface area contributed by atoms with Gasteiger partial charge in [0.05, 0.1) is 7.11 Å². The summed E-state index contributed by atoms with van der Waals surface area (Å²) in [6.45, 7) is 1.98. The zero-order valence-electron chi connectivity index (χ0n) is 9.90. The predicted octanol–water partition coefficient (Wildman–Crippen LogP) is 2.96. The SMILES string of the molecule is COc1cc(C)cc(-c2cc(N)ccc2O)c1. The monoisotopic (exact) mass is 229 g/mol. The molecule has 0 aliphatic rings. The fourth-order valence-corrected chi connectivity index (χ4v) is 1.81. The highest BCUT2D eigenvalue weighted by atomic mass is 16.5. The zero-order valence-corrected chi connectivity index (χ0v) is 9.90. The molecule has 0 unspecified atom stereocenters. The number of phenols is 1. The van der Waals surface area contributed by atoms with Crippen LogP contribution >= 0.6 is 0 Å². The van der Waals surface area contributed by atoms with E-state index in [1.807, 2.05) is 25.1 Å². The van der Waals surface area contributed by atoms with Crippen molar-refractivity contribution < 1.29 is 9.84 Å². The fraction of sp³-hybridized carbons (Fsp3) is 0.143. The van der Waals surface area contributed by atoms with E-state index in [4.69, 9.17) is 10.5 Å². The van der Waals surface area contributed by atoms with Crippen LogP contribution in [-0.4, -0.2) is 12.2 Å². The summed E-state index contributed by atoms with van der Waals surface area (Å²) in [6, 6.07) is 10.8. The Morgan fingerprint density at radius 2 is 1.88 bits per heavy atom. The molecule has 0 amide bonds. The first-order valence-electron chi connectivity index (χ1n) is 5.34. The summed E-state index contributed by atoms with van der Waals surface area (Å²) in [6.07, 6.45) is 0. The number of aromatic hydroxyl groups is 1. The van der Waals surface area contributed by atoms with E-state index < -0.39 is 0 Å². The lowest BCUT2D eigenvalue weighted by atomic mass is 10.0. The standard InChI is InChI=1S/C14H15NO2/c1-9-5-10(7-12(6-9)17-2)13-8-11(15)3-4-14(13)16/h3-8,16H,15H2,1-2H3. The minimum absolute atomic E-state index is 0.215. The van der Waals surface area contributed by atoms with Gasteiger partial charge in [0.25, 0.3) is 0 Å². The van der Waals surface area contributed by atoms with Gasteiger partial charge in [-0.15, -0.1) is 0 Å². The molecule has 0 aliphatic carbocycles. The van der Waals surface area contributed by atoms with Gasteiger partial charge < -0.3 is 15.6 Å². The Bertz CT molecular complexity index is 550. The van der Waals surface area contributed by atoms with Gasteiger partial charge in [0, 0.05) is 11.3 Å². The second kappa shape index (κ2) is 4.37. The largest absolute Gasteiger partial charge is 0.507 e. The second-order valence-corrected chi connectivity index (χ2v) is 4.02. The molecule has 88 valence electrons. The maximum Gasteiger partial charge on any atom is 0.123 e. The van der Waals surface area contributed by atoms with E-state index in [0.29, 0.717) is 11.3 Å². The molecule has 3 heteroatoms. The fourth-order valence-electron chi connectivity index (χ4n) is 1.81. The average molecular weight is 229 g/mol.